The zero-order valence-corrected chi connectivity index (χ0v) is 21.7. The monoisotopic (exact) mass is 512 g/mol. The van der Waals surface area contributed by atoms with E-state index in [1.807, 2.05) is 37.3 Å². The molecule has 38 heavy (non-hydrogen) atoms. The van der Waals surface area contributed by atoms with Crippen LogP contribution in [-0.4, -0.2) is 19.2 Å². The number of nitrogens with two attached hydrogens (primary N) is 1. The fourth-order valence-corrected chi connectivity index (χ4v) is 4.28. The van der Waals surface area contributed by atoms with Crippen LogP contribution in [0.25, 0.3) is 0 Å². The number of hydrogen-bond donors (Lipinski definition) is 1. The van der Waals surface area contributed by atoms with E-state index in [0.29, 0.717) is 41.6 Å². The lowest BCUT2D eigenvalue weighted by molar-refractivity contribution is 0.0730. The summed E-state index contributed by atoms with van der Waals surface area (Å²) in [4.78, 5) is 12.9. The predicted octanol–water partition coefficient (Wildman–Crippen LogP) is 6.48. The Morgan fingerprint density at radius 1 is 0.947 bits per heavy atom. The van der Waals surface area contributed by atoms with E-state index in [1.54, 1.807) is 36.4 Å². The molecular weight excluding hydrogens is 480 g/mol. The van der Waals surface area contributed by atoms with Crippen LogP contribution in [0.1, 0.15) is 66.9 Å². The van der Waals surface area contributed by atoms with Gasteiger partial charge in [-0.15, -0.1) is 0 Å². The fourth-order valence-electron chi connectivity index (χ4n) is 4.28. The molecule has 7 nitrogen and oxygen atoms in total. The molecule has 1 atom stereocenters. The van der Waals surface area contributed by atoms with Crippen LogP contribution in [0.5, 0.6) is 23.0 Å². The number of esters is 1. The number of nitriles is 1. The third-order valence-corrected chi connectivity index (χ3v) is 6.20. The number of rotatable bonds is 11. The number of unbranched alkanes of at least 4 members (excludes halogenated alkanes) is 2. The molecule has 1 aliphatic heterocycles. The van der Waals surface area contributed by atoms with Gasteiger partial charge in [-0.3, -0.25) is 0 Å². The van der Waals surface area contributed by atoms with E-state index in [4.69, 9.17) is 24.7 Å². The highest BCUT2D eigenvalue weighted by atomic mass is 16.5. The van der Waals surface area contributed by atoms with E-state index in [9.17, 15) is 10.1 Å². The van der Waals surface area contributed by atoms with Gasteiger partial charge in [-0.1, -0.05) is 57.0 Å². The maximum absolute atomic E-state index is 12.9. The summed E-state index contributed by atoms with van der Waals surface area (Å²) in [5.74, 6) is 1.02. The molecule has 0 aromatic heterocycles. The van der Waals surface area contributed by atoms with E-state index in [0.717, 1.165) is 42.6 Å². The zero-order valence-electron chi connectivity index (χ0n) is 21.7. The summed E-state index contributed by atoms with van der Waals surface area (Å²) in [6, 6.07) is 21.9. The molecule has 0 bridgehead atoms. The largest absolute Gasteiger partial charge is 0.494 e. The number of carbonyl (C=O) groups is 1. The first-order valence-electron chi connectivity index (χ1n) is 12.9. The Kier molecular flexibility index (Phi) is 8.89. The normalized spacial score (nSPS) is 14.2. The van der Waals surface area contributed by atoms with E-state index in [1.165, 1.54) is 0 Å². The lowest BCUT2D eigenvalue weighted by Crippen LogP contribution is -2.21. The van der Waals surface area contributed by atoms with E-state index in [2.05, 4.69) is 13.0 Å². The summed E-state index contributed by atoms with van der Waals surface area (Å²) in [5.41, 5.74) is 8.43. The molecule has 0 spiro atoms. The highest BCUT2D eigenvalue weighted by Gasteiger charge is 2.31. The number of fused-ring (bicyclic) bond motifs is 1. The third kappa shape index (κ3) is 6.09. The first-order valence-corrected chi connectivity index (χ1v) is 12.9. The van der Waals surface area contributed by atoms with Crippen LogP contribution in [0.2, 0.25) is 0 Å². The quantitative estimate of drug-likeness (QED) is 0.178. The van der Waals surface area contributed by atoms with Crippen LogP contribution in [-0.2, 0) is 0 Å². The smallest absolute Gasteiger partial charge is 0.347 e. The average Bonchev–Trinajstić information content (AvgIpc) is 2.94. The van der Waals surface area contributed by atoms with Gasteiger partial charge in [0.05, 0.1) is 19.1 Å². The minimum absolute atomic E-state index is 0.0201. The van der Waals surface area contributed by atoms with Gasteiger partial charge in [0.15, 0.2) is 0 Å². The summed E-state index contributed by atoms with van der Waals surface area (Å²) in [5, 5.41) is 9.85. The summed E-state index contributed by atoms with van der Waals surface area (Å²) in [6.07, 6.45) is 4.09. The Hall–Kier alpha value is -4.44. The second kappa shape index (κ2) is 12.7. The predicted molar refractivity (Wildman–Crippen MR) is 144 cm³/mol. The van der Waals surface area contributed by atoms with Crippen molar-refractivity contribution >= 4 is 5.97 Å². The molecule has 3 aromatic carbocycles. The van der Waals surface area contributed by atoms with Crippen molar-refractivity contribution in [1.29, 1.82) is 5.26 Å². The summed E-state index contributed by atoms with van der Waals surface area (Å²) in [6.45, 7) is 5.31. The second-order valence-electron chi connectivity index (χ2n) is 8.98. The van der Waals surface area contributed by atoms with Crippen LogP contribution in [0.15, 0.2) is 78.2 Å². The van der Waals surface area contributed by atoms with Gasteiger partial charge in [0.25, 0.3) is 0 Å². The lowest BCUT2D eigenvalue weighted by atomic mass is 9.83. The second-order valence-corrected chi connectivity index (χ2v) is 8.98. The zero-order chi connectivity index (χ0) is 26.9. The Morgan fingerprint density at radius 3 is 2.45 bits per heavy atom. The van der Waals surface area contributed by atoms with Gasteiger partial charge >= 0.3 is 5.97 Å². The average molecular weight is 513 g/mol. The number of allylic oxidation sites excluding steroid dienone is 1. The van der Waals surface area contributed by atoms with Crippen LogP contribution in [0, 0.1) is 11.3 Å². The molecule has 4 rings (SSSR count). The van der Waals surface area contributed by atoms with Crippen molar-refractivity contribution in [3.63, 3.8) is 0 Å². The van der Waals surface area contributed by atoms with Gasteiger partial charge in [-0.2, -0.15) is 5.26 Å². The number of benzene rings is 3. The topological polar surface area (TPSA) is 104 Å². The Balaban J connectivity index is 1.56. The molecule has 1 aliphatic rings. The van der Waals surface area contributed by atoms with E-state index < -0.39 is 11.9 Å². The molecule has 0 fully saturated rings. The van der Waals surface area contributed by atoms with Crippen molar-refractivity contribution < 1.29 is 23.7 Å². The number of hydrogen-bond acceptors (Lipinski definition) is 7. The summed E-state index contributed by atoms with van der Waals surface area (Å²) in [7, 11) is 0. The maximum Gasteiger partial charge on any atom is 0.347 e. The number of para-hydroxylation sites is 1. The molecule has 0 saturated heterocycles. The van der Waals surface area contributed by atoms with Gasteiger partial charge < -0.3 is 24.7 Å². The van der Waals surface area contributed by atoms with Crippen LogP contribution < -0.4 is 24.7 Å². The fraction of sp³-hybridized carbons (Fsp3) is 0.290. The molecule has 0 aliphatic carbocycles. The Morgan fingerprint density at radius 2 is 1.71 bits per heavy atom. The number of ether oxygens (including phenoxy) is 4. The van der Waals surface area contributed by atoms with E-state index >= 15 is 0 Å². The number of carbonyl (C=O) groups excluding carboxylic acids is 1. The van der Waals surface area contributed by atoms with Crippen molar-refractivity contribution in [2.75, 3.05) is 13.2 Å². The first-order chi connectivity index (χ1) is 18.5. The lowest BCUT2D eigenvalue weighted by Gasteiger charge is -2.27. The van der Waals surface area contributed by atoms with E-state index in [-0.39, 0.29) is 5.88 Å². The van der Waals surface area contributed by atoms with Crippen LogP contribution in [0.3, 0.4) is 0 Å². The minimum Gasteiger partial charge on any atom is -0.494 e. The highest BCUT2D eigenvalue weighted by Crippen LogP contribution is 2.43. The van der Waals surface area contributed by atoms with Gasteiger partial charge in [-0.25, -0.2) is 4.79 Å². The van der Waals surface area contributed by atoms with Gasteiger partial charge in [0.1, 0.15) is 40.2 Å². The summed E-state index contributed by atoms with van der Waals surface area (Å²) >= 11 is 0. The van der Waals surface area contributed by atoms with Gasteiger partial charge in [-0.05, 0) is 48.7 Å². The van der Waals surface area contributed by atoms with Crippen molar-refractivity contribution in [3.05, 3.63) is 94.9 Å². The molecule has 3 aromatic rings. The third-order valence-electron chi connectivity index (χ3n) is 6.20. The first kappa shape index (κ1) is 26.6. The molecule has 196 valence electrons. The molecule has 7 heteroatoms. The standard InChI is InChI=1S/C31H32N2O5/c1-3-5-8-18-35-22-13-11-21(12-14-22)29-24-16-15-23(19-28(24)38-30(33)26(29)20-32)37-31(34)25-9-6-7-10-27(25)36-17-4-2/h6-7,9-16,19,29H,3-5,8,17-18,33H2,1-2H3. The Labute approximate surface area is 223 Å². The molecule has 1 unspecified atom stereocenters. The maximum atomic E-state index is 12.9. The SMILES string of the molecule is CCCCCOc1ccc(C2C(C#N)=C(N)Oc3cc(OC(=O)c4ccccc4OCCC)ccc32)cc1. The van der Waals surface area contributed by atoms with Gasteiger partial charge in [0, 0.05) is 11.6 Å². The van der Waals surface area contributed by atoms with Crippen molar-refractivity contribution in [2.24, 2.45) is 5.73 Å². The molecule has 2 N–H and O–H groups in total. The Bertz CT molecular complexity index is 1340. The molecule has 0 amide bonds. The van der Waals surface area contributed by atoms with Crippen LogP contribution in [0.4, 0.5) is 0 Å². The summed E-state index contributed by atoms with van der Waals surface area (Å²) < 4.78 is 23.0. The van der Waals surface area contributed by atoms with Gasteiger partial charge in [0.2, 0.25) is 5.88 Å². The molecular formula is C31H32N2O5. The highest BCUT2D eigenvalue weighted by molar-refractivity contribution is 5.94. The van der Waals surface area contributed by atoms with Crippen LogP contribution >= 0.6 is 0 Å². The van der Waals surface area contributed by atoms with Crippen molar-refractivity contribution in [3.8, 4) is 29.1 Å². The van der Waals surface area contributed by atoms with Crippen molar-refractivity contribution in [1.82, 2.24) is 0 Å². The number of nitrogens with zero attached hydrogens (tertiary/aromatic N) is 1. The molecule has 0 saturated carbocycles. The minimum atomic E-state index is -0.542. The molecule has 0 radical (unpaired) electrons. The van der Waals surface area contributed by atoms with Crippen molar-refractivity contribution in [2.45, 2.75) is 45.4 Å². The molecule has 1 heterocycles.